The first-order valence-electron chi connectivity index (χ1n) is 6.45. The Hall–Kier alpha value is -2.00. The molecule has 0 aliphatic heterocycles. The van der Waals surface area contributed by atoms with Crippen LogP contribution in [0.25, 0.3) is 0 Å². The molecule has 1 unspecified atom stereocenters. The maximum absolute atomic E-state index is 11.1. The summed E-state index contributed by atoms with van der Waals surface area (Å²) in [6.45, 7) is 2.03. The minimum Gasteiger partial charge on any atom is -0.378 e. The molecule has 0 heterocycles. The van der Waals surface area contributed by atoms with E-state index >= 15 is 0 Å². The first kappa shape index (κ1) is 14.4. The molecule has 4 heteroatoms. The second kappa shape index (κ2) is 6.44. The molecule has 1 atom stereocenters. The molecule has 0 saturated carbocycles. The number of para-hydroxylation sites is 1. The SMILES string of the molecule is CC(Nc1ccccc1CC(N)=O)c1ccccc1Cl. The number of hydrogen-bond donors (Lipinski definition) is 2. The topological polar surface area (TPSA) is 55.1 Å². The van der Waals surface area contributed by atoms with Crippen LogP contribution in [0.15, 0.2) is 48.5 Å². The third kappa shape index (κ3) is 3.52. The van der Waals surface area contributed by atoms with E-state index in [9.17, 15) is 4.79 Å². The molecule has 2 rings (SSSR count). The molecule has 1 amide bonds. The number of carbonyl (C=O) groups is 1. The van der Waals surface area contributed by atoms with Crippen LogP contribution >= 0.6 is 11.6 Å². The highest BCUT2D eigenvalue weighted by molar-refractivity contribution is 6.31. The number of amides is 1. The lowest BCUT2D eigenvalue weighted by Gasteiger charge is -2.19. The number of benzene rings is 2. The molecular formula is C16H17ClN2O. The summed E-state index contributed by atoms with van der Waals surface area (Å²) in [4.78, 5) is 11.1. The highest BCUT2D eigenvalue weighted by Crippen LogP contribution is 2.27. The fraction of sp³-hybridized carbons (Fsp3) is 0.188. The molecule has 0 fully saturated rings. The maximum Gasteiger partial charge on any atom is 0.221 e. The van der Waals surface area contributed by atoms with Gasteiger partial charge in [-0.15, -0.1) is 0 Å². The van der Waals surface area contributed by atoms with E-state index in [0.29, 0.717) is 0 Å². The maximum atomic E-state index is 11.1. The Kier molecular flexibility index (Phi) is 4.64. The lowest BCUT2D eigenvalue weighted by molar-refractivity contribution is -0.117. The quantitative estimate of drug-likeness (QED) is 0.884. The first-order valence-corrected chi connectivity index (χ1v) is 6.83. The van der Waals surface area contributed by atoms with E-state index in [1.54, 1.807) is 0 Å². The van der Waals surface area contributed by atoms with E-state index in [4.69, 9.17) is 17.3 Å². The summed E-state index contributed by atoms with van der Waals surface area (Å²) >= 11 is 6.20. The number of halogens is 1. The van der Waals surface area contributed by atoms with Crippen molar-refractivity contribution in [1.82, 2.24) is 0 Å². The van der Waals surface area contributed by atoms with E-state index in [1.165, 1.54) is 0 Å². The zero-order chi connectivity index (χ0) is 14.5. The Morgan fingerprint density at radius 1 is 1.20 bits per heavy atom. The van der Waals surface area contributed by atoms with Gasteiger partial charge in [-0.25, -0.2) is 0 Å². The van der Waals surface area contributed by atoms with Gasteiger partial charge in [-0.2, -0.15) is 0 Å². The molecule has 3 nitrogen and oxygen atoms in total. The normalized spacial score (nSPS) is 11.9. The van der Waals surface area contributed by atoms with Gasteiger partial charge in [0.25, 0.3) is 0 Å². The third-order valence-corrected chi connectivity index (χ3v) is 3.47. The van der Waals surface area contributed by atoms with Gasteiger partial charge in [0.15, 0.2) is 0 Å². The van der Waals surface area contributed by atoms with Crippen molar-refractivity contribution < 1.29 is 4.79 Å². The molecule has 0 radical (unpaired) electrons. The Bertz CT molecular complexity index is 613. The Morgan fingerprint density at radius 3 is 2.55 bits per heavy atom. The van der Waals surface area contributed by atoms with E-state index in [1.807, 2.05) is 55.5 Å². The van der Waals surface area contributed by atoms with Gasteiger partial charge in [0.2, 0.25) is 5.91 Å². The predicted molar refractivity (Wildman–Crippen MR) is 82.8 cm³/mol. The standard InChI is InChI=1S/C16H17ClN2O/c1-11(13-7-3-4-8-14(13)17)19-15-9-5-2-6-12(15)10-16(18)20/h2-9,11,19H,10H2,1H3,(H2,18,20). The van der Waals surface area contributed by atoms with Crippen molar-refractivity contribution in [2.75, 3.05) is 5.32 Å². The van der Waals surface area contributed by atoms with Gasteiger partial charge in [0.1, 0.15) is 0 Å². The summed E-state index contributed by atoms with van der Waals surface area (Å²) in [5.74, 6) is -0.343. The molecule has 0 spiro atoms. The van der Waals surface area contributed by atoms with E-state index in [2.05, 4.69) is 5.32 Å². The third-order valence-electron chi connectivity index (χ3n) is 3.13. The number of nitrogens with two attached hydrogens (primary N) is 1. The van der Waals surface area contributed by atoms with Crippen molar-refractivity contribution in [2.45, 2.75) is 19.4 Å². The van der Waals surface area contributed by atoms with Gasteiger partial charge in [0.05, 0.1) is 6.42 Å². The first-order chi connectivity index (χ1) is 9.58. The van der Waals surface area contributed by atoms with Crippen molar-refractivity contribution in [3.8, 4) is 0 Å². The molecule has 0 saturated heterocycles. The van der Waals surface area contributed by atoms with Crippen LogP contribution in [-0.2, 0) is 11.2 Å². The molecule has 0 aromatic heterocycles. The van der Waals surface area contributed by atoms with Crippen LogP contribution in [-0.4, -0.2) is 5.91 Å². The van der Waals surface area contributed by atoms with Crippen LogP contribution < -0.4 is 11.1 Å². The van der Waals surface area contributed by atoms with Crippen molar-refractivity contribution in [3.63, 3.8) is 0 Å². The Balaban J connectivity index is 2.22. The van der Waals surface area contributed by atoms with Gasteiger partial charge in [0, 0.05) is 16.8 Å². The van der Waals surface area contributed by atoms with Gasteiger partial charge in [-0.05, 0) is 30.2 Å². The highest BCUT2D eigenvalue weighted by Gasteiger charge is 2.11. The second-order valence-corrected chi connectivity index (χ2v) is 5.09. The van der Waals surface area contributed by atoms with Gasteiger partial charge in [-0.1, -0.05) is 48.0 Å². The lowest BCUT2D eigenvalue weighted by Crippen LogP contribution is -2.16. The monoisotopic (exact) mass is 288 g/mol. The van der Waals surface area contributed by atoms with Crippen LogP contribution in [0.4, 0.5) is 5.69 Å². The molecule has 0 aliphatic rings. The molecule has 104 valence electrons. The molecule has 0 aliphatic carbocycles. The van der Waals surface area contributed by atoms with E-state index in [-0.39, 0.29) is 18.4 Å². The smallest absolute Gasteiger partial charge is 0.221 e. The van der Waals surface area contributed by atoms with Crippen molar-refractivity contribution in [1.29, 1.82) is 0 Å². The average molecular weight is 289 g/mol. The van der Waals surface area contributed by atoms with Crippen molar-refractivity contribution in [3.05, 3.63) is 64.7 Å². The number of rotatable bonds is 5. The zero-order valence-electron chi connectivity index (χ0n) is 11.3. The fourth-order valence-electron chi connectivity index (χ4n) is 2.14. The van der Waals surface area contributed by atoms with E-state index in [0.717, 1.165) is 21.8 Å². The fourth-order valence-corrected chi connectivity index (χ4v) is 2.44. The average Bonchev–Trinajstić information content (AvgIpc) is 2.41. The van der Waals surface area contributed by atoms with Crippen molar-refractivity contribution in [2.24, 2.45) is 5.73 Å². The summed E-state index contributed by atoms with van der Waals surface area (Å²) in [6, 6.07) is 15.4. The van der Waals surface area contributed by atoms with Crippen molar-refractivity contribution >= 4 is 23.2 Å². The van der Waals surface area contributed by atoms with Crippen LogP contribution in [0.2, 0.25) is 5.02 Å². The molecule has 2 aromatic rings. The van der Waals surface area contributed by atoms with Gasteiger partial charge >= 0.3 is 0 Å². The number of nitrogens with one attached hydrogen (secondary N) is 1. The highest BCUT2D eigenvalue weighted by atomic mass is 35.5. The van der Waals surface area contributed by atoms with E-state index < -0.39 is 0 Å². The zero-order valence-corrected chi connectivity index (χ0v) is 12.0. The number of primary amides is 1. The molecule has 3 N–H and O–H groups in total. The minimum absolute atomic E-state index is 0.0396. The lowest BCUT2D eigenvalue weighted by atomic mass is 10.1. The molecule has 0 bridgehead atoms. The summed E-state index contributed by atoms with van der Waals surface area (Å²) in [5, 5.41) is 4.10. The Labute approximate surface area is 123 Å². The predicted octanol–water partition coefficient (Wildman–Crippen LogP) is 3.54. The molecular weight excluding hydrogens is 272 g/mol. The van der Waals surface area contributed by atoms with Crippen LogP contribution in [0.3, 0.4) is 0 Å². The summed E-state index contributed by atoms with van der Waals surface area (Å²) in [6.07, 6.45) is 0.221. The Morgan fingerprint density at radius 2 is 1.85 bits per heavy atom. The summed E-state index contributed by atoms with van der Waals surface area (Å²) in [7, 11) is 0. The van der Waals surface area contributed by atoms with Gasteiger partial charge < -0.3 is 11.1 Å². The second-order valence-electron chi connectivity index (χ2n) is 4.69. The number of carbonyl (C=O) groups excluding carboxylic acids is 1. The summed E-state index contributed by atoms with van der Waals surface area (Å²) in [5.41, 5.74) is 8.08. The molecule has 20 heavy (non-hydrogen) atoms. The largest absolute Gasteiger partial charge is 0.378 e. The van der Waals surface area contributed by atoms with Crippen LogP contribution in [0.1, 0.15) is 24.1 Å². The van der Waals surface area contributed by atoms with Gasteiger partial charge in [-0.3, -0.25) is 4.79 Å². The number of anilines is 1. The molecule has 2 aromatic carbocycles. The van der Waals surface area contributed by atoms with Crippen LogP contribution in [0, 0.1) is 0 Å². The van der Waals surface area contributed by atoms with Crippen LogP contribution in [0.5, 0.6) is 0 Å². The number of hydrogen-bond acceptors (Lipinski definition) is 2. The summed E-state index contributed by atoms with van der Waals surface area (Å²) < 4.78 is 0. The minimum atomic E-state index is -0.343.